The zero-order valence-electron chi connectivity index (χ0n) is 21.0. The number of aromatic nitrogens is 2. The number of carbonyl (C=O) groups excluding carboxylic acids is 4. The number of ether oxygens (including phenoxy) is 4. The van der Waals surface area contributed by atoms with E-state index in [1.807, 2.05) is 12.1 Å². The van der Waals surface area contributed by atoms with Crippen LogP contribution in [0.3, 0.4) is 0 Å². The summed E-state index contributed by atoms with van der Waals surface area (Å²) in [5, 5.41) is 4.37. The van der Waals surface area contributed by atoms with Crippen LogP contribution in [0.2, 0.25) is 0 Å². The number of esters is 4. The van der Waals surface area contributed by atoms with Gasteiger partial charge in [0.1, 0.15) is 10.5 Å². The average Bonchev–Trinajstić information content (AvgIpc) is 3.40. The van der Waals surface area contributed by atoms with Crippen LogP contribution in [0.25, 0.3) is 10.6 Å². The summed E-state index contributed by atoms with van der Waals surface area (Å²) in [7, 11) is 4.73. The second-order valence-electron chi connectivity index (χ2n) is 7.35. The zero-order chi connectivity index (χ0) is 27.7. The van der Waals surface area contributed by atoms with Gasteiger partial charge in [-0.15, -0.1) is 0 Å². The van der Waals surface area contributed by atoms with Crippen LogP contribution in [0.4, 0.5) is 0 Å². The molecule has 0 aliphatic carbocycles. The van der Waals surface area contributed by atoms with Gasteiger partial charge in [-0.05, 0) is 5.56 Å². The Labute approximate surface area is 222 Å². The maximum Gasteiger partial charge on any atom is 0.359 e. The zero-order valence-corrected chi connectivity index (χ0v) is 21.8. The normalized spacial score (nSPS) is 11.7. The van der Waals surface area contributed by atoms with Gasteiger partial charge in [-0.25, -0.2) is 23.9 Å². The molecule has 2 aromatic carbocycles. The molecule has 1 heterocycles. The van der Waals surface area contributed by atoms with E-state index >= 15 is 0 Å². The lowest BCUT2D eigenvalue weighted by molar-refractivity contribution is -0.137. The maximum absolute atomic E-state index is 12.7. The molecule has 0 bridgehead atoms. The molecular formula is C27H24N2O8S. The lowest BCUT2D eigenvalue weighted by Crippen LogP contribution is -2.11. The van der Waals surface area contributed by atoms with Crippen LogP contribution in [0.1, 0.15) is 32.0 Å². The SMILES string of the molecule is COC(=O)C=C(S/C(=C(/c1ccccc1)n1cc(C(=O)OC)c(C(=O)OC)n1)c1ccccc1)C(=O)OC. The number of nitrogens with zero attached hydrogens (tertiary/aromatic N) is 2. The minimum absolute atomic E-state index is 0.0693. The predicted octanol–water partition coefficient (Wildman–Crippen LogP) is 3.79. The van der Waals surface area contributed by atoms with Gasteiger partial charge in [0.25, 0.3) is 0 Å². The van der Waals surface area contributed by atoms with Gasteiger partial charge in [-0.3, -0.25) is 0 Å². The van der Waals surface area contributed by atoms with Crippen molar-refractivity contribution in [2.45, 2.75) is 0 Å². The molecule has 0 aliphatic heterocycles. The molecule has 0 spiro atoms. The molecule has 0 N–H and O–H groups in total. The standard InChI is InChI=1S/C27H24N2O8S/c1-34-21(30)15-20(26(32)36-3)38-24(18-13-9-6-10-14-18)23(17-11-7-5-8-12-17)29-16-19(25(31)35-2)22(28-29)27(33)37-4/h5-16H,1-4H3/b20-15?,24-23-. The van der Waals surface area contributed by atoms with Crippen molar-refractivity contribution in [1.29, 1.82) is 0 Å². The van der Waals surface area contributed by atoms with Crippen LogP contribution in [0.15, 0.2) is 77.8 Å². The van der Waals surface area contributed by atoms with E-state index in [-0.39, 0.29) is 16.2 Å². The number of carbonyl (C=O) groups is 4. The Morgan fingerprint density at radius 1 is 0.763 bits per heavy atom. The summed E-state index contributed by atoms with van der Waals surface area (Å²) in [5.41, 5.74) is 1.27. The Morgan fingerprint density at radius 3 is 1.87 bits per heavy atom. The quantitative estimate of drug-likeness (QED) is 0.173. The number of hydrogen-bond donors (Lipinski definition) is 0. The van der Waals surface area contributed by atoms with Crippen molar-refractivity contribution in [1.82, 2.24) is 9.78 Å². The van der Waals surface area contributed by atoms with E-state index in [4.69, 9.17) is 18.9 Å². The molecular weight excluding hydrogens is 512 g/mol. The van der Waals surface area contributed by atoms with Crippen molar-refractivity contribution >= 4 is 46.2 Å². The Kier molecular flexibility index (Phi) is 9.60. The largest absolute Gasteiger partial charge is 0.466 e. The number of benzene rings is 2. The Bertz CT molecular complexity index is 1360. The van der Waals surface area contributed by atoms with Crippen LogP contribution in [-0.4, -0.2) is 62.1 Å². The van der Waals surface area contributed by atoms with E-state index in [2.05, 4.69) is 5.10 Å². The molecule has 11 heteroatoms. The van der Waals surface area contributed by atoms with E-state index in [1.165, 1.54) is 39.3 Å². The third-order valence-corrected chi connectivity index (χ3v) is 6.21. The van der Waals surface area contributed by atoms with Crippen molar-refractivity contribution in [2.24, 2.45) is 0 Å². The summed E-state index contributed by atoms with van der Waals surface area (Å²) in [6, 6.07) is 18.0. The summed E-state index contributed by atoms with van der Waals surface area (Å²) in [6.45, 7) is 0. The first kappa shape index (κ1) is 27.9. The second kappa shape index (κ2) is 13.1. The fraction of sp³-hybridized carbons (Fsp3) is 0.148. The monoisotopic (exact) mass is 536 g/mol. The summed E-state index contributed by atoms with van der Waals surface area (Å²) in [4.78, 5) is 50.1. The highest BCUT2D eigenvalue weighted by molar-refractivity contribution is 8.12. The fourth-order valence-electron chi connectivity index (χ4n) is 3.30. The predicted molar refractivity (Wildman–Crippen MR) is 140 cm³/mol. The Hall–Kier alpha value is -4.64. The Morgan fingerprint density at radius 2 is 1.34 bits per heavy atom. The van der Waals surface area contributed by atoms with E-state index in [0.29, 0.717) is 21.7 Å². The molecule has 38 heavy (non-hydrogen) atoms. The summed E-state index contributed by atoms with van der Waals surface area (Å²) >= 11 is 0.933. The average molecular weight is 537 g/mol. The molecule has 1 aromatic heterocycles. The van der Waals surface area contributed by atoms with Crippen LogP contribution in [-0.2, 0) is 28.5 Å². The minimum Gasteiger partial charge on any atom is -0.466 e. The van der Waals surface area contributed by atoms with E-state index in [1.54, 1.807) is 48.5 Å². The number of rotatable bonds is 9. The van der Waals surface area contributed by atoms with Crippen LogP contribution < -0.4 is 0 Å². The topological polar surface area (TPSA) is 123 Å². The summed E-state index contributed by atoms with van der Waals surface area (Å²) < 4.78 is 20.6. The second-order valence-corrected chi connectivity index (χ2v) is 8.41. The van der Waals surface area contributed by atoms with Gasteiger partial charge in [0.05, 0.1) is 34.1 Å². The molecule has 0 unspecified atom stereocenters. The molecule has 0 atom stereocenters. The summed E-state index contributed by atoms with van der Waals surface area (Å²) in [5.74, 6) is -3.16. The van der Waals surface area contributed by atoms with Gasteiger partial charge in [-0.2, -0.15) is 5.10 Å². The van der Waals surface area contributed by atoms with Crippen molar-refractivity contribution < 1.29 is 38.1 Å². The molecule has 3 rings (SSSR count). The van der Waals surface area contributed by atoms with Gasteiger partial charge in [-0.1, -0.05) is 72.4 Å². The molecule has 0 saturated carbocycles. The highest BCUT2D eigenvalue weighted by atomic mass is 32.2. The molecule has 0 saturated heterocycles. The third-order valence-electron chi connectivity index (χ3n) is 5.07. The first-order valence-corrected chi connectivity index (χ1v) is 11.8. The van der Waals surface area contributed by atoms with E-state index in [9.17, 15) is 19.2 Å². The van der Waals surface area contributed by atoms with E-state index in [0.717, 1.165) is 17.8 Å². The van der Waals surface area contributed by atoms with Crippen LogP contribution in [0, 0.1) is 0 Å². The molecule has 0 fully saturated rings. The number of thioether (sulfide) groups is 1. The fourth-order valence-corrected chi connectivity index (χ4v) is 4.40. The number of hydrogen-bond acceptors (Lipinski definition) is 10. The number of methoxy groups -OCH3 is 4. The first-order chi connectivity index (χ1) is 18.3. The highest BCUT2D eigenvalue weighted by Gasteiger charge is 2.27. The first-order valence-electron chi connectivity index (χ1n) is 11.0. The van der Waals surface area contributed by atoms with Gasteiger partial charge >= 0.3 is 23.9 Å². The minimum atomic E-state index is -0.841. The van der Waals surface area contributed by atoms with Crippen LogP contribution >= 0.6 is 11.8 Å². The van der Waals surface area contributed by atoms with Gasteiger partial charge in [0.2, 0.25) is 0 Å². The van der Waals surface area contributed by atoms with Gasteiger partial charge < -0.3 is 18.9 Å². The van der Waals surface area contributed by atoms with Crippen LogP contribution in [0.5, 0.6) is 0 Å². The molecule has 0 radical (unpaired) electrons. The Balaban J connectivity index is 2.42. The lowest BCUT2D eigenvalue weighted by Gasteiger charge is -2.17. The third kappa shape index (κ3) is 6.37. The van der Waals surface area contributed by atoms with E-state index < -0.39 is 23.9 Å². The molecule has 3 aromatic rings. The highest BCUT2D eigenvalue weighted by Crippen LogP contribution is 2.41. The van der Waals surface area contributed by atoms with Crippen molar-refractivity contribution in [3.8, 4) is 0 Å². The van der Waals surface area contributed by atoms with Gasteiger partial charge in [0, 0.05) is 22.7 Å². The maximum atomic E-state index is 12.7. The molecule has 0 amide bonds. The van der Waals surface area contributed by atoms with Crippen molar-refractivity contribution in [3.05, 3.63) is 100 Å². The van der Waals surface area contributed by atoms with Crippen molar-refractivity contribution in [3.63, 3.8) is 0 Å². The molecule has 196 valence electrons. The molecule has 10 nitrogen and oxygen atoms in total. The lowest BCUT2D eigenvalue weighted by atomic mass is 10.1. The summed E-state index contributed by atoms with van der Waals surface area (Å²) in [6.07, 6.45) is 2.36. The van der Waals surface area contributed by atoms with Gasteiger partial charge in [0.15, 0.2) is 5.69 Å². The van der Waals surface area contributed by atoms with Crippen molar-refractivity contribution in [2.75, 3.05) is 28.4 Å². The molecule has 0 aliphatic rings. The smallest absolute Gasteiger partial charge is 0.359 e.